The van der Waals surface area contributed by atoms with Crippen LogP contribution in [0.25, 0.3) is 0 Å². The molecule has 5 heteroatoms. The largest absolute Gasteiger partial charge is 0.401 e. The zero-order valence-electron chi connectivity index (χ0n) is 10.5. The number of hydrogen-bond acceptors (Lipinski definition) is 2. The SMILES string of the molecule is CC(C)C(CO)(NCC(F)(F)F)c1ccccc1. The molecule has 1 atom stereocenters. The summed E-state index contributed by atoms with van der Waals surface area (Å²) in [6, 6.07) is 8.73. The predicted molar refractivity (Wildman–Crippen MR) is 64.1 cm³/mol. The lowest BCUT2D eigenvalue weighted by Crippen LogP contribution is -2.52. The summed E-state index contributed by atoms with van der Waals surface area (Å²) in [6.07, 6.45) is -4.30. The number of aliphatic hydroxyl groups excluding tert-OH is 1. The maximum atomic E-state index is 12.4. The summed E-state index contributed by atoms with van der Waals surface area (Å²) in [7, 11) is 0. The maximum Gasteiger partial charge on any atom is 0.401 e. The van der Waals surface area contributed by atoms with Crippen LogP contribution in [0.5, 0.6) is 0 Å². The smallest absolute Gasteiger partial charge is 0.394 e. The fourth-order valence-electron chi connectivity index (χ4n) is 1.96. The molecule has 18 heavy (non-hydrogen) atoms. The monoisotopic (exact) mass is 261 g/mol. The van der Waals surface area contributed by atoms with Crippen molar-refractivity contribution in [1.82, 2.24) is 5.32 Å². The number of alkyl halides is 3. The minimum Gasteiger partial charge on any atom is -0.394 e. The van der Waals surface area contributed by atoms with Crippen molar-refractivity contribution in [1.29, 1.82) is 0 Å². The fourth-order valence-corrected chi connectivity index (χ4v) is 1.96. The van der Waals surface area contributed by atoms with Crippen LogP contribution in [0.1, 0.15) is 19.4 Å². The number of aliphatic hydroxyl groups is 1. The van der Waals surface area contributed by atoms with Crippen LogP contribution < -0.4 is 5.32 Å². The zero-order valence-corrected chi connectivity index (χ0v) is 10.5. The third kappa shape index (κ3) is 3.46. The molecule has 0 bridgehead atoms. The molecule has 2 N–H and O–H groups in total. The summed E-state index contributed by atoms with van der Waals surface area (Å²) >= 11 is 0. The van der Waals surface area contributed by atoms with E-state index in [2.05, 4.69) is 5.32 Å². The van der Waals surface area contributed by atoms with Crippen LogP contribution in [0.2, 0.25) is 0 Å². The van der Waals surface area contributed by atoms with Crippen LogP contribution in [0.4, 0.5) is 13.2 Å². The molecule has 2 nitrogen and oxygen atoms in total. The van der Waals surface area contributed by atoms with E-state index in [1.54, 1.807) is 44.2 Å². The molecule has 102 valence electrons. The molecule has 1 rings (SSSR count). The number of hydrogen-bond donors (Lipinski definition) is 2. The van der Waals surface area contributed by atoms with E-state index in [4.69, 9.17) is 0 Å². The van der Waals surface area contributed by atoms with E-state index in [-0.39, 0.29) is 12.5 Å². The highest BCUT2D eigenvalue weighted by molar-refractivity contribution is 5.25. The molecule has 0 heterocycles. The Morgan fingerprint density at radius 3 is 2.11 bits per heavy atom. The van der Waals surface area contributed by atoms with E-state index in [0.717, 1.165) is 0 Å². The minimum atomic E-state index is -4.30. The Bertz CT molecular complexity index is 364. The highest BCUT2D eigenvalue weighted by atomic mass is 19.4. The van der Waals surface area contributed by atoms with Gasteiger partial charge in [0.05, 0.1) is 18.7 Å². The first-order valence-electron chi connectivity index (χ1n) is 5.80. The van der Waals surface area contributed by atoms with Crippen LogP contribution >= 0.6 is 0 Å². The van der Waals surface area contributed by atoms with E-state index >= 15 is 0 Å². The van der Waals surface area contributed by atoms with Crippen LogP contribution in [0, 0.1) is 5.92 Å². The van der Waals surface area contributed by atoms with E-state index in [1.165, 1.54) is 0 Å². The standard InChI is InChI=1S/C13H18F3NO/c1-10(2)12(9-18,17-8-13(14,15)16)11-6-4-3-5-7-11/h3-7,10,17-18H,8-9H2,1-2H3. The van der Waals surface area contributed by atoms with Crippen molar-refractivity contribution in [2.45, 2.75) is 25.6 Å². The van der Waals surface area contributed by atoms with E-state index in [9.17, 15) is 18.3 Å². The quantitative estimate of drug-likeness (QED) is 0.854. The van der Waals surface area contributed by atoms with Gasteiger partial charge in [-0.1, -0.05) is 44.2 Å². The van der Waals surface area contributed by atoms with Gasteiger partial charge in [-0.25, -0.2) is 0 Å². The van der Waals surface area contributed by atoms with E-state index in [1.807, 2.05) is 0 Å². The molecular formula is C13H18F3NO. The summed E-state index contributed by atoms with van der Waals surface area (Å²) in [6.45, 7) is 2.06. The van der Waals surface area contributed by atoms with Gasteiger partial charge < -0.3 is 5.11 Å². The van der Waals surface area contributed by atoms with Crippen molar-refractivity contribution in [2.24, 2.45) is 5.92 Å². The molecule has 0 saturated heterocycles. The first-order valence-corrected chi connectivity index (χ1v) is 5.80. The minimum absolute atomic E-state index is 0.174. The van der Waals surface area contributed by atoms with Gasteiger partial charge in [0, 0.05) is 0 Å². The van der Waals surface area contributed by atoms with Crippen molar-refractivity contribution < 1.29 is 18.3 Å². The normalized spacial score (nSPS) is 15.7. The molecule has 1 aromatic carbocycles. The Labute approximate surface area is 105 Å². The second kappa shape index (κ2) is 5.71. The molecular weight excluding hydrogens is 243 g/mol. The van der Waals surface area contributed by atoms with Gasteiger partial charge in [-0.05, 0) is 11.5 Å². The molecule has 1 aromatic rings. The maximum absolute atomic E-state index is 12.4. The number of rotatable bonds is 5. The Balaban J connectivity index is 3.03. The Kier molecular flexibility index (Phi) is 4.76. The van der Waals surface area contributed by atoms with Crippen molar-refractivity contribution in [3.8, 4) is 0 Å². The van der Waals surface area contributed by atoms with Crippen molar-refractivity contribution in [3.05, 3.63) is 35.9 Å². The molecule has 0 aromatic heterocycles. The fraction of sp³-hybridized carbons (Fsp3) is 0.538. The summed E-state index contributed by atoms with van der Waals surface area (Å²) in [4.78, 5) is 0. The first kappa shape index (κ1) is 15.0. The summed E-state index contributed by atoms with van der Waals surface area (Å²) in [5.41, 5.74) is -0.414. The van der Waals surface area contributed by atoms with Gasteiger partial charge in [0.25, 0.3) is 0 Å². The van der Waals surface area contributed by atoms with Gasteiger partial charge >= 0.3 is 6.18 Å². The summed E-state index contributed by atoms with van der Waals surface area (Å²) in [5.74, 6) is -0.174. The zero-order chi connectivity index (χ0) is 13.8. The van der Waals surface area contributed by atoms with Crippen molar-refractivity contribution in [3.63, 3.8) is 0 Å². The van der Waals surface area contributed by atoms with Gasteiger partial charge in [-0.3, -0.25) is 5.32 Å². The van der Waals surface area contributed by atoms with Crippen molar-refractivity contribution in [2.75, 3.05) is 13.2 Å². The second-order valence-electron chi connectivity index (χ2n) is 4.62. The lowest BCUT2D eigenvalue weighted by Gasteiger charge is -2.38. The predicted octanol–water partition coefficient (Wildman–Crippen LogP) is 2.68. The van der Waals surface area contributed by atoms with Gasteiger partial charge in [-0.15, -0.1) is 0 Å². The van der Waals surface area contributed by atoms with Crippen LogP contribution in [-0.2, 0) is 5.54 Å². The van der Waals surface area contributed by atoms with Crippen LogP contribution in [0.3, 0.4) is 0 Å². The third-order valence-corrected chi connectivity index (χ3v) is 3.13. The molecule has 0 radical (unpaired) electrons. The van der Waals surface area contributed by atoms with Gasteiger partial charge in [0.1, 0.15) is 0 Å². The third-order valence-electron chi connectivity index (χ3n) is 3.13. The Morgan fingerprint density at radius 1 is 1.17 bits per heavy atom. The number of benzene rings is 1. The number of halogens is 3. The Hall–Kier alpha value is -1.07. The van der Waals surface area contributed by atoms with Gasteiger partial charge in [0.2, 0.25) is 0 Å². The summed E-state index contributed by atoms with van der Waals surface area (Å²) < 4.78 is 37.1. The molecule has 0 aliphatic heterocycles. The van der Waals surface area contributed by atoms with Gasteiger partial charge in [-0.2, -0.15) is 13.2 Å². The first-order chi connectivity index (χ1) is 8.32. The highest BCUT2D eigenvalue weighted by Gasteiger charge is 2.38. The molecule has 0 aliphatic rings. The lowest BCUT2D eigenvalue weighted by atomic mass is 9.80. The lowest BCUT2D eigenvalue weighted by molar-refractivity contribution is -0.131. The van der Waals surface area contributed by atoms with Crippen LogP contribution in [0.15, 0.2) is 30.3 Å². The number of nitrogens with one attached hydrogen (secondary N) is 1. The molecule has 0 aliphatic carbocycles. The molecule has 0 amide bonds. The van der Waals surface area contributed by atoms with E-state index < -0.39 is 18.3 Å². The highest BCUT2D eigenvalue weighted by Crippen LogP contribution is 2.30. The Morgan fingerprint density at radius 2 is 1.72 bits per heavy atom. The molecule has 0 saturated carbocycles. The van der Waals surface area contributed by atoms with Crippen molar-refractivity contribution >= 4 is 0 Å². The van der Waals surface area contributed by atoms with Gasteiger partial charge in [0.15, 0.2) is 0 Å². The second-order valence-corrected chi connectivity index (χ2v) is 4.62. The molecule has 0 spiro atoms. The molecule has 1 unspecified atom stereocenters. The summed E-state index contributed by atoms with van der Waals surface area (Å²) in [5, 5.41) is 12.0. The van der Waals surface area contributed by atoms with E-state index in [0.29, 0.717) is 5.56 Å². The molecule has 0 fully saturated rings. The van der Waals surface area contributed by atoms with Crippen LogP contribution in [-0.4, -0.2) is 24.4 Å². The average molecular weight is 261 g/mol. The topological polar surface area (TPSA) is 32.3 Å². The average Bonchev–Trinajstić information content (AvgIpc) is 2.30.